The Bertz CT molecular complexity index is 938. The van der Waals surface area contributed by atoms with Gasteiger partial charge in [0.1, 0.15) is 11.6 Å². The quantitative estimate of drug-likeness (QED) is 0.636. The summed E-state index contributed by atoms with van der Waals surface area (Å²) in [7, 11) is 0. The standard InChI is InChI=1S/C22H19FN2O2/c23-17-12-10-16(11-13-17)22(14-15-22)25-21(26)24-19-8-4-5-9-20(19)27-18-6-2-1-3-7-18/h1-13H,14-15H2,(H2,24,25,26). The molecular formula is C22H19FN2O2. The minimum Gasteiger partial charge on any atom is -0.455 e. The largest absolute Gasteiger partial charge is 0.455 e. The van der Waals surface area contributed by atoms with Gasteiger partial charge in [-0.15, -0.1) is 0 Å². The molecule has 1 fully saturated rings. The maximum Gasteiger partial charge on any atom is 0.320 e. The van der Waals surface area contributed by atoms with Gasteiger partial charge >= 0.3 is 6.03 Å². The number of carbonyl (C=O) groups is 1. The van der Waals surface area contributed by atoms with Crippen molar-refractivity contribution in [3.63, 3.8) is 0 Å². The predicted octanol–water partition coefficient (Wildman–Crippen LogP) is 5.43. The van der Waals surface area contributed by atoms with Crippen LogP contribution in [-0.4, -0.2) is 6.03 Å². The summed E-state index contributed by atoms with van der Waals surface area (Å²) < 4.78 is 19.0. The van der Waals surface area contributed by atoms with Crippen molar-refractivity contribution in [1.29, 1.82) is 0 Å². The molecule has 0 unspecified atom stereocenters. The van der Waals surface area contributed by atoms with E-state index in [0.29, 0.717) is 17.2 Å². The number of benzene rings is 3. The van der Waals surface area contributed by atoms with Gasteiger partial charge in [-0.2, -0.15) is 0 Å². The Balaban J connectivity index is 1.46. The van der Waals surface area contributed by atoms with Gasteiger partial charge in [-0.1, -0.05) is 42.5 Å². The second-order valence-corrected chi connectivity index (χ2v) is 6.58. The van der Waals surface area contributed by atoms with Crippen molar-refractivity contribution < 1.29 is 13.9 Å². The molecule has 3 aromatic carbocycles. The Morgan fingerprint density at radius 2 is 1.56 bits per heavy atom. The molecule has 0 heterocycles. The lowest BCUT2D eigenvalue weighted by atomic mass is 10.1. The number of nitrogens with one attached hydrogen (secondary N) is 2. The van der Waals surface area contributed by atoms with E-state index in [1.807, 2.05) is 42.5 Å². The van der Waals surface area contributed by atoms with E-state index in [9.17, 15) is 9.18 Å². The molecule has 1 aliphatic carbocycles. The van der Waals surface area contributed by atoms with Gasteiger partial charge in [0.2, 0.25) is 0 Å². The highest BCUT2D eigenvalue weighted by Gasteiger charge is 2.45. The third-order valence-corrected chi connectivity index (χ3v) is 4.61. The zero-order valence-corrected chi connectivity index (χ0v) is 14.6. The average molecular weight is 362 g/mol. The Morgan fingerprint density at radius 3 is 2.26 bits per heavy atom. The van der Waals surface area contributed by atoms with Crippen molar-refractivity contribution in [3.05, 3.63) is 90.2 Å². The molecular weight excluding hydrogens is 343 g/mol. The SMILES string of the molecule is O=C(Nc1ccccc1Oc1ccccc1)NC1(c2ccc(F)cc2)CC1. The first-order valence-electron chi connectivity index (χ1n) is 8.82. The predicted molar refractivity (Wildman–Crippen MR) is 102 cm³/mol. The van der Waals surface area contributed by atoms with Gasteiger partial charge in [0.25, 0.3) is 0 Å². The topological polar surface area (TPSA) is 50.4 Å². The average Bonchev–Trinajstić information content (AvgIpc) is 3.45. The summed E-state index contributed by atoms with van der Waals surface area (Å²) in [4.78, 5) is 12.6. The summed E-state index contributed by atoms with van der Waals surface area (Å²) in [6, 6.07) is 22.6. The normalized spacial score (nSPS) is 14.3. The van der Waals surface area contributed by atoms with Gasteiger partial charge in [0.15, 0.2) is 5.75 Å². The molecule has 3 aromatic rings. The van der Waals surface area contributed by atoms with Crippen molar-refractivity contribution in [1.82, 2.24) is 5.32 Å². The van der Waals surface area contributed by atoms with E-state index in [2.05, 4.69) is 10.6 Å². The van der Waals surface area contributed by atoms with Gasteiger partial charge in [-0.05, 0) is 54.8 Å². The zero-order chi connectivity index (χ0) is 18.7. The van der Waals surface area contributed by atoms with E-state index in [4.69, 9.17) is 4.74 Å². The maximum absolute atomic E-state index is 13.2. The Hall–Kier alpha value is -3.34. The van der Waals surface area contributed by atoms with E-state index in [0.717, 1.165) is 18.4 Å². The molecule has 0 spiro atoms. The van der Waals surface area contributed by atoms with Gasteiger partial charge in [-0.25, -0.2) is 9.18 Å². The van der Waals surface area contributed by atoms with Crippen LogP contribution in [0.25, 0.3) is 0 Å². The summed E-state index contributed by atoms with van der Waals surface area (Å²) in [6.07, 6.45) is 1.66. The fourth-order valence-corrected chi connectivity index (χ4v) is 3.03. The zero-order valence-electron chi connectivity index (χ0n) is 14.6. The summed E-state index contributed by atoms with van der Waals surface area (Å²) in [5.41, 5.74) is 1.06. The molecule has 27 heavy (non-hydrogen) atoms. The number of amides is 2. The summed E-state index contributed by atoms with van der Waals surface area (Å²) in [5.74, 6) is 0.966. The van der Waals surface area contributed by atoms with Crippen LogP contribution in [0.15, 0.2) is 78.9 Å². The highest BCUT2D eigenvalue weighted by molar-refractivity contribution is 5.91. The fourth-order valence-electron chi connectivity index (χ4n) is 3.03. The summed E-state index contributed by atoms with van der Waals surface area (Å²) in [5, 5.41) is 5.87. The van der Waals surface area contributed by atoms with Gasteiger partial charge in [0.05, 0.1) is 11.2 Å². The van der Waals surface area contributed by atoms with Gasteiger partial charge in [0, 0.05) is 0 Å². The first kappa shape index (κ1) is 17.1. The second kappa shape index (κ2) is 7.11. The molecule has 0 radical (unpaired) electrons. The molecule has 0 saturated heterocycles. The number of urea groups is 1. The van der Waals surface area contributed by atoms with E-state index in [1.54, 1.807) is 24.3 Å². The molecule has 0 bridgehead atoms. The Morgan fingerprint density at radius 1 is 0.889 bits per heavy atom. The Labute approximate surface area is 157 Å². The highest BCUT2D eigenvalue weighted by Crippen LogP contribution is 2.45. The second-order valence-electron chi connectivity index (χ2n) is 6.58. The third kappa shape index (κ3) is 3.92. The molecule has 0 atom stereocenters. The van der Waals surface area contributed by atoms with E-state index in [-0.39, 0.29) is 11.8 Å². The highest BCUT2D eigenvalue weighted by atomic mass is 19.1. The lowest BCUT2D eigenvalue weighted by molar-refractivity contribution is 0.247. The molecule has 136 valence electrons. The number of carbonyl (C=O) groups excluding carboxylic acids is 1. The number of halogens is 1. The van der Waals surface area contributed by atoms with E-state index in [1.165, 1.54) is 12.1 Å². The first-order valence-corrected chi connectivity index (χ1v) is 8.82. The van der Waals surface area contributed by atoms with E-state index < -0.39 is 5.54 Å². The van der Waals surface area contributed by atoms with Gasteiger partial charge < -0.3 is 15.4 Å². The minimum atomic E-state index is -0.424. The molecule has 1 aliphatic rings. The van der Waals surface area contributed by atoms with Crippen LogP contribution in [0, 0.1) is 5.82 Å². The van der Waals surface area contributed by atoms with Crippen molar-refractivity contribution in [2.24, 2.45) is 0 Å². The van der Waals surface area contributed by atoms with Crippen molar-refractivity contribution in [2.45, 2.75) is 18.4 Å². The molecule has 2 amide bonds. The molecule has 0 aliphatic heterocycles. The van der Waals surface area contributed by atoms with Crippen LogP contribution in [0.1, 0.15) is 18.4 Å². The number of para-hydroxylation sites is 3. The lowest BCUT2D eigenvalue weighted by Gasteiger charge is -2.19. The molecule has 0 aromatic heterocycles. The first-order chi connectivity index (χ1) is 13.1. The van der Waals surface area contributed by atoms with Crippen LogP contribution < -0.4 is 15.4 Å². The number of hydrogen-bond donors (Lipinski definition) is 2. The lowest BCUT2D eigenvalue weighted by Crippen LogP contribution is -2.38. The van der Waals surface area contributed by atoms with Crippen LogP contribution >= 0.6 is 0 Å². The van der Waals surface area contributed by atoms with E-state index >= 15 is 0 Å². The minimum absolute atomic E-state index is 0.286. The molecule has 4 rings (SSSR count). The molecule has 1 saturated carbocycles. The number of anilines is 1. The molecule has 5 heteroatoms. The smallest absolute Gasteiger partial charge is 0.320 e. The van der Waals surface area contributed by atoms with Gasteiger partial charge in [-0.3, -0.25) is 0 Å². The van der Waals surface area contributed by atoms with Crippen LogP contribution in [0.4, 0.5) is 14.9 Å². The van der Waals surface area contributed by atoms with Crippen molar-refractivity contribution in [3.8, 4) is 11.5 Å². The fraction of sp³-hybridized carbons (Fsp3) is 0.136. The van der Waals surface area contributed by atoms with Crippen molar-refractivity contribution >= 4 is 11.7 Å². The molecule has 4 nitrogen and oxygen atoms in total. The third-order valence-electron chi connectivity index (χ3n) is 4.61. The van der Waals surface area contributed by atoms with Crippen LogP contribution in [0.5, 0.6) is 11.5 Å². The monoisotopic (exact) mass is 362 g/mol. The number of rotatable bonds is 5. The summed E-state index contributed by atoms with van der Waals surface area (Å²) in [6.45, 7) is 0. The van der Waals surface area contributed by atoms with Crippen LogP contribution in [0.3, 0.4) is 0 Å². The Kier molecular flexibility index (Phi) is 4.50. The maximum atomic E-state index is 13.2. The number of ether oxygens (including phenoxy) is 1. The molecule has 2 N–H and O–H groups in total. The number of hydrogen-bond acceptors (Lipinski definition) is 2. The van der Waals surface area contributed by atoms with Crippen molar-refractivity contribution in [2.75, 3.05) is 5.32 Å². The van der Waals surface area contributed by atoms with Crippen LogP contribution in [0.2, 0.25) is 0 Å². The summed E-state index contributed by atoms with van der Waals surface area (Å²) >= 11 is 0. The van der Waals surface area contributed by atoms with Crippen LogP contribution in [-0.2, 0) is 5.54 Å².